The smallest absolute Gasteiger partial charge is 0.178 e. The van der Waals surface area contributed by atoms with Gasteiger partial charge in [-0.05, 0) is 37.3 Å². The molecule has 0 aliphatic rings. The summed E-state index contributed by atoms with van der Waals surface area (Å²) in [4.78, 5) is 0.457. The summed E-state index contributed by atoms with van der Waals surface area (Å²) in [7, 11) is -3.15. The van der Waals surface area contributed by atoms with E-state index in [2.05, 4.69) is 0 Å². The standard InChI is InChI=1S/C13H19ClO2S/c1-11(7-9-14)8-10-17(15,16)13-6-4-3-5-12(13)2/h3-6,11H,7-10H2,1-2H3. The molecule has 0 heterocycles. The summed E-state index contributed by atoms with van der Waals surface area (Å²) in [5.74, 6) is 1.15. The Morgan fingerprint density at radius 3 is 2.47 bits per heavy atom. The number of rotatable bonds is 6. The summed E-state index contributed by atoms with van der Waals surface area (Å²) in [6, 6.07) is 7.12. The first-order valence-corrected chi connectivity index (χ1v) is 8.00. The van der Waals surface area contributed by atoms with Crippen LogP contribution in [0.5, 0.6) is 0 Å². The Balaban J connectivity index is 2.73. The van der Waals surface area contributed by atoms with E-state index in [1.165, 1.54) is 0 Å². The van der Waals surface area contributed by atoms with Gasteiger partial charge in [-0.15, -0.1) is 11.6 Å². The molecule has 2 nitrogen and oxygen atoms in total. The minimum atomic E-state index is -3.15. The van der Waals surface area contributed by atoms with Gasteiger partial charge >= 0.3 is 0 Å². The van der Waals surface area contributed by atoms with Crippen LogP contribution in [0.2, 0.25) is 0 Å². The molecular formula is C13H19ClO2S. The van der Waals surface area contributed by atoms with Crippen LogP contribution in [0.15, 0.2) is 29.2 Å². The van der Waals surface area contributed by atoms with Gasteiger partial charge in [0.25, 0.3) is 0 Å². The number of hydrogen-bond acceptors (Lipinski definition) is 2. The van der Waals surface area contributed by atoms with Gasteiger partial charge in [0.1, 0.15) is 0 Å². The van der Waals surface area contributed by atoms with Gasteiger partial charge in [0.15, 0.2) is 9.84 Å². The highest BCUT2D eigenvalue weighted by atomic mass is 35.5. The van der Waals surface area contributed by atoms with Crippen molar-refractivity contribution in [3.63, 3.8) is 0 Å². The summed E-state index contributed by atoms with van der Waals surface area (Å²) in [6.07, 6.45) is 1.54. The zero-order chi connectivity index (χ0) is 12.9. The van der Waals surface area contributed by atoms with E-state index >= 15 is 0 Å². The summed E-state index contributed by atoms with van der Waals surface area (Å²) >= 11 is 5.64. The maximum Gasteiger partial charge on any atom is 0.178 e. The molecule has 0 saturated heterocycles. The van der Waals surface area contributed by atoms with E-state index in [4.69, 9.17) is 11.6 Å². The van der Waals surface area contributed by atoms with E-state index in [0.29, 0.717) is 23.1 Å². The molecule has 17 heavy (non-hydrogen) atoms. The highest BCUT2D eigenvalue weighted by Gasteiger charge is 2.17. The molecule has 1 unspecified atom stereocenters. The summed E-state index contributed by atoms with van der Waals surface area (Å²) in [6.45, 7) is 3.87. The molecule has 1 rings (SSSR count). The average molecular weight is 275 g/mol. The highest BCUT2D eigenvalue weighted by molar-refractivity contribution is 7.91. The van der Waals surface area contributed by atoms with Crippen LogP contribution in [0, 0.1) is 12.8 Å². The van der Waals surface area contributed by atoms with Crippen molar-refractivity contribution < 1.29 is 8.42 Å². The van der Waals surface area contributed by atoms with E-state index in [1.807, 2.05) is 26.0 Å². The normalized spacial score (nSPS) is 13.6. The third-order valence-corrected chi connectivity index (χ3v) is 5.03. The van der Waals surface area contributed by atoms with E-state index in [-0.39, 0.29) is 5.75 Å². The van der Waals surface area contributed by atoms with Crippen molar-refractivity contribution in [3.05, 3.63) is 29.8 Å². The van der Waals surface area contributed by atoms with Crippen LogP contribution in [0.1, 0.15) is 25.3 Å². The monoisotopic (exact) mass is 274 g/mol. The molecule has 0 spiro atoms. The predicted molar refractivity (Wildman–Crippen MR) is 72.3 cm³/mol. The molecule has 0 amide bonds. The van der Waals surface area contributed by atoms with Gasteiger partial charge in [-0.2, -0.15) is 0 Å². The van der Waals surface area contributed by atoms with Crippen molar-refractivity contribution in [2.24, 2.45) is 5.92 Å². The zero-order valence-electron chi connectivity index (χ0n) is 10.3. The lowest BCUT2D eigenvalue weighted by Gasteiger charge is -2.11. The Morgan fingerprint density at radius 2 is 1.88 bits per heavy atom. The van der Waals surface area contributed by atoms with Gasteiger partial charge in [0, 0.05) is 5.88 Å². The molecule has 1 aromatic carbocycles. The fourth-order valence-corrected chi connectivity index (χ4v) is 3.85. The molecule has 0 aromatic heterocycles. The molecule has 0 radical (unpaired) electrons. The SMILES string of the molecule is Cc1ccccc1S(=O)(=O)CCC(C)CCCl. The molecule has 1 atom stereocenters. The number of sulfone groups is 1. The maximum atomic E-state index is 12.1. The number of halogens is 1. The van der Waals surface area contributed by atoms with Crippen molar-refractivity contribution in [1.82, 2.24) is 0 Å². The van der Waals surface area contributed by atoms with E-state index < -0.39 is 9.84 Å². The van der Waals surface area contributed by atoms with Gasteiger partial charge in [-0.1, -0.05) is 25.1 Å². The van der Waals surface area contributed by atoms with Crippen molar-refractivity contribution in [2.75, 3.05) is 11.6 Å². The third kappa shape index (κ3) is 4.32. The number of benzene rings is 1. The molecule has 4 heteroatoms. The second kappa shape index (κ2) is 6.41. The summed E-state index contributed by atoms with van der Waals surface area (Å²) in [5, 5.41) is 0. The van der Waals surface area contributed by atoms with Gasteiger partial charge in [0.05, 0.1) is 10.6 Å². The van der Waals surface area contributed by atoms with Crippen LogP contribution in [0.4, 0.5) is 0 Å². The molecule has 0 N–H and O–H groups in total. The second-order valence-corrected chi connectivity index (χ2v) is 6.91. The minimum Gasteiger partial charge on any atom is -0.224 e. The number of aryl methyl sites for hydroxylation is 1. The Hall–Kier alpha value is -0.540. The molecule has 1 aromatic rings. The predicted octanol–water partition coefficient (Wildman–Crippen LogP) is 3.42. The van der Waals surface area contributed by atoms with Crippen LogP contribution in [0.25, 0.3) is 0 Å². The first kappa shape index (κ1) is 14.5. The van der Waals surface area contributed by atoms with Crippen molar-refractivity contribution in [3.8, 4) is 0 Å². The molecular weight excluding hydrogens is 256 g/mol. The average Bonchev–Trinajstić information content (AvgIpc) is 2.27. The lowest BCUT2D eigenvalue weighted by molar-refractivity contribution is 0.534. The van der Waals surface area contributed by atoms with E-state index in [1.54, 1.807) is 12.1 Å². The number of alkyl halides is 1. The zero-order valence-corrected chi connectivity index (χ0v) is 11.9. The Kier molecular flexibility index (Phi) is 5.47. The fourth-order valence-electron chi connectivity index (χ4n) is 1.70. The Bertz CT molecular complexity index is 454. The topological polar surface area (TPSA) is 34.1 Å². The van der Waals surface area contributed by atoms with Gasteiger partial charge < -0.3 is 0 Å². The molecule has 0 saturated carbocycles. The molecule has 0 fully saturated rings. The third-order valence-electron chi connectivity index (χ3n) is 2.91. The van der Waals surface area contributed by atoms with Crippen molar-refractivity contribution in [2.45, 2.75) is 31.6 Å². The molecule has 0 aliphatic heterocycles. The lowest BCUT2D eigenvalue weighted by Crippen LogP contribution is -2.11. The fraction of sp³-hybridized carbons (Fsp3) is 0.538. The lowest BCUT2D eigenvalue weighted by atomic mass is 10.1. The molecule has 0 bridgehead atoms. The summed E-state index contributed by atoms with van der Waals surface area (Å²) in [5.41, 5.74) is 0.817. The van der Waals surface area contributed by atoms with Crippen LogP contribution in [0.3, 0.4) is 0 Å². The quantitative estimate of drug-likeness (QED) is 0.745. The van der Waals surface area contributed by atoms with Gasteiger partial charge in [-0.3, -0.25) is 0 Å². The minimum absolute atomic E-state index is 0.204. The van der Waals surface area contributed by atoms with Crippen LogP contribution in [-0.4, -0.2) is 20.1 Å². The van der Waals surface area contributed by atoms with Gasteiger partial charge in [-0.25, -0.2) is 8.42 Å². The largest absolute Gasteiger partial charge is 0.224 e. The highest BCUT2D eigenvalue weighted by Crippen LogP contribution is 2.19. The Labute approximate surface area is 109 Å². The van der Waals surface area contributed by atoms with Crippen LogP contribution < -0.4 is 0 Å². The van der Waals surface area contributed by atoms with E-state index in [9.17, 15) is 8.42 Å². The second-order valence-electron chi connectivity index (χ2n) is 4.46. The molecule has 0 aliphatic carbocycles. The van der Waals surface area contributed by atoms with Crippen molar-refractivity contribution >= 4 is 21.4 Å². The van der Waals surface area contributed by atoms with E-state index in [0.717, 1.165) is 12.0 Å². The van der Waals surface area contributed by atoms with Crippen molar-refractivity contribution in [1.29, 1.82) is 0 Å². The number of hydrogen-bond donors (Lipinski definition) is 0. The first-order chi connectivity index (χ1) is 7.97. The Morgan fingerprint density at radius 1 is 1.24 bits per heavy atom. The maximum absolute atomic E-state index is 12.1. The van der Waals surface area contributed by atoms with Crippen LogP contribution in [-0.2, 0) is 9.84 Å². The molecule has 96 valence electrons. The van der Waals surface area contributed by atoms with Gasteiger partial charge in [0.2, 0.25) is 0 Å². The first-order valence-electron chi connectivity index (χ1n) is 5.81. The summed E-state index contributed by atoms with van der Waals surface area (Å²) < 4.78 is 24.3. The van der Waals surface area contributed by atoms with Crippen LogP contribution >= 0.6 is 11.6 Å².